The van der Waals surface area contributed by atoms with Crippen LogP contribution in [0.25, 0.3) is 0 Å². The molecule has 1 rings (SSSR count). The topological polar surface area (TPSA) is 86.3 Å². The van der Waals surface area contributed by atoms with Crippen molar-refractivity contribution in [2.45, 2.75) is 36.6 Å². The van der Waals surface area contributed by atoms with Crippen LogP contribution in [0.2, 0.25) is 0 Å². The predicted molar refractivity (Wildman–Crippen MR) is 90.6 cm³/mol. The van der Waals surface area contributed by atoms with Gasteiger partial charge in [-0.15, -0.1) is 11.8 Å². The highest BCUT2D eigenvalue weighted by molar-refractivity contribution is 8.47. The molecule has 0 spiro atoms. The molecule has 0 atom stereocenters. The van der Waals surface area contributed by atoms with E-state index in [1.54, 1.807) is 20.8 Å². The monoisotopic (exact) mass is 400 g/mol. The summed E-state index contributed by atoms with van der Waals surface area (Å²) in [4.78, 5) is 19.5. The SMILES string of the molecule is CC(C)(C)SC(=S)Sc1c([N+](=O)[O-])cc(C(F)(F)F)cc1[N+](=O)[O-]. The molecule has 0 aliphatic carbocycles. The molecular weight excluding hydrogens is 389 g/mol. The van der Waals surface area contributed by atoms with Gasteiger partial charge in [0.2, 0.25) is 0 Å². The molecule has 0 fully saturated rings. The minimum absolute atomic E-state index is 0.133. The second-order valence-corrected chi connectivity index (χ2v) is 9.46. The van der Waals surface area contributed by atoms with E-state index in [0.717, 1.165) is 11.8 Å². The maximum atomic E-state index is 12.8. The fourth-order valence-electron chi connectivity index (χ4n) is 1.49. The van der Waals surface area contributed by atoms with Crippen LogP contribution in [0.1, 0.15) is 26.3 Å². The van der Waals surface area contributed by atoms with Crippen molar-refractivity contribution in [3.8, 4) is 0 Å². The smallest absolute Gasteiger partial charge is 0.258 e. The number of hydrogen-bond acceptors (Lipinski definition) is 7. The van der Waals surface area contributed by atoms with Crippen molar-refractivity contribution < 1.29 is 23.0 Å². The zero-order chi connectivity index (χ0) is 18.9. The third-order valence-electron chi connectivity index (χ3n) is 2.35. The number of alkyl halides is 3. The summed E-state index contributed by atoms with van der Waals surface area (Å²) in [5.41, 5.74) is -3.46. The number of nitrogens with zero attached hydrogens (tertiary/aromatic N) is 2. The van der Waals surface area contributed by atoms with Crippen molar-refractivity contribution in [3.63, 3.8) is 0 Å². The molecule has 132 valence electrons. The fourth-order valence-corrected chi connectivity index (χ4v) is 4.80. The zero-order valence-electron chi connectivity index (χ0n) is 12.5. The van der Waals surface area contributed by atoms with E-state index in [0.29, 0.717) is 11.8 Å². The van der Waals surface area contributed by atoms with Crippen LogP contribution in [-0.2, 0) is 6.18 Å². The highest BCUT2D eigenvalue weighted by Crippen LogP contribution is 2.45. The maximum Gasteiger partial charge on any atom is 0.416 e. The number of nitro groups is 2. The summed E-state index contributed by atoms with van der Waals surface area (Å²) < 4.78 is 38.2. The van der Waals surface area contributed by atoms with Gasteiger partial charge in [0.1, 0.15) is 3.53 Å². The number of nitro benzene ring substituents is 2. The lowest BCUT2D eigenvalue weighted by Crippen LogP contribution is -2.10. The van der Waals surface area contributed by atoms with Crippen LogP contribution in [0, 0.1) is 20.2 Å². The number of thioether (sulfide) groups is 2. The van der Waals surface area contributed by atoms with Gasteiger partial charge in [-0.3, -0.25) is 20.2 Å². The molecule has 0 amide bonds. The first kappa shape index (κ1) is 20.6. The Kier molecular flexibility index (Phi) is 6.22. The maximum absolute atomic E-state index is 12.8. The van der Waals surface area contributed by atoms with Gasteiger partial charge < -0.3 is 0 Å². The van der Waals surface area contributed by atoms with Gasteiger partial charge in [0.15, 0.2) is 4.90 Å². The summed E-state index contributed by atoms with van der Waals surface area (Å²) in [5.74, 6) is 0. The molecule has 0 radical (unpaired) electrons. The van der Waals surface area contributed by atoms with Crippen molar-refractivity contribution in [3.05, 3.63) is 37.9 Å². The highest BCUT2D eigenvalue weighted by Gasteiger charge is 2.38. The first-order chi connectivity index (χ1) is 10.7. The number of thiocarbonyl (C=S) groups is 1. The van der Waals surface area contributed by atoms with Gasteiger partial charge in [-0.2, -0.15) is 13.2 Å². The van der Waals surface area contributed by atoms with Crippen LogP contribution in [0.4, 0.5) is 24.5 Å². The molecule has 1 aromatic carbocycles. The molecule has 6 nitrogen and oxygen atoms in total. The van der Waals surface area contributed by atoms with Crippen molar-refractivity contribution in [2.75, 3.05) is 0 Å². The Morgan fingerprint density at radius 1 is 1.08 bits per heavy atom. The lowest BCUT2D eigenvalue weighted by atomic mass is 10.1. The first-order valence-corrected chi connectivity index (χ1v) is 8.21. The molecule has 0 heterocycles. The average molecular weight is 400 g/mol. The van der Waals surface area contributed by atoms with Crippen LogP contribution in [0.15, 0.2) is 17.0 Å². The van der Waals surface area contributed by atoms with E-state index in [2.05, 4.69) is 0 Å². The second-order valence-electron chi connectivity index (χ2n) is 5.42. The van der Waals surface area contributed by atoms with Gasteiger partial charge in [0.05, 0.1) is 15.4 Å². The molecule has 0 aliphatic rings. The van der Waals surface area contributed by atoms with Crippen molar-refractivity contribution in [2.24, 2.45) is 0 Å². The van der Waals surface area contributed by atoms with Crippen molar-refractivity contribution in [1.29, 1.82) is 0 Å². The largest absolute Gasteiger partial charge is 0.416 e. The van der Waals surface area contributed by atoms with Crippen LogP contribution >= 0.6 is 35.7 Å². The molecule has 1 aromatic rings. The van der Waals surface area contributed by atoms with Gasteiger partial charge >= 0.3 is 6.18 Å². The van der Waals surface area contributed by atoms with Gasteiger partial charge in [0, 0.05) is 16.9 Å². The Balaban J connectivity index is 3.49. The first-order valence-electron chi connectivity index (χ1n) is 6.17. The molecule has 0 bridgehead atoms. The van der Waals surface area contributed by atoms with Gasteiger partial charge in [-0.1, -0.05) is 44.8 Å². The summed E-state index contributed by atoms with van der Waals surface area (Å²) in [6.45, 7) is 5.42. The van der Waals surface area contributed by atoms with E-state index in [4.69, 9.17) is 12.2 Å². The van der Waals surface area contributed by atoms with Crippen LogP contribution in [-0.4, -0.2) is 18.1 Å². The van der Waals surface area contributed by atoms with Gasteiger partial charge in [-0.05, 0) is 0 Å². The number of hydrogen-bond donors (Lipinski definition) is 0. The number of rotatable bonds is 3. The van der Waals surface area contributed by atoms with E-state index < -0.39 is 37.9 Å². The lowest BCUT2D eigenvalue weighted by molar-refractivity contribution is -0.400. The van der Waals surface area contributed by atoms with E-state index in [9.17, 15) is 33.4 Å². The molecule has 0 N–H and O–H groups in total. The molecule has 12 heteroatoms. The molecule has 0 saturated carbocycles. The fraction of sp³-hybridized carbons (Fsp3) is 0.417. The second kappa shape index (κ2) is 7.23. The summed E-state index contributed by atoms with van der Waals surface area (Å²) >= 11 is 6.71. The van der Waals surface area contributed by atoms with Gasteiger partial charge in [0.25, 0.3) is 11.4 Å². The normalized spacial score (nSPS) is 12.1. The quantitative estimate of drug-likeness (QED) is 0.289. The van der Waals surface area contributed by atoms with E-state index in [1.165, 1.54) is 0 Å². The van der Waals surface area contributed by atoms with Crippen molar-refractivity contribution in [1.82, 2.24) is 0 Å². The van der Waals surface area contributed by atoms with Gasteiger partial charge in [-0.25, -0.2) is 0 Å². The summed E-state index contributed by atoms with van der Waals surface area (Å²) in [6.07, 6.45) is -4.95. The highest BCUT2D eigenvalue weighted by atomic mass is 32.2. The van der Waals surface area contributed by atoms with E-state index >= 15 is 0 Å². The molecule has 0 saturated heterocycles. The van der Waals surface area contributed by atoms with E-state index in [-0.39, 0.29) is 20.4 Å². The zero-order valence-corrected chi connectivity index (χ0v) is 15.0. The minimum atomic E-state index is -4.95. The Morgan fingerprint density at radius 3 is 1.79 bits per heavy atom. The van der Waals surface area contributed by atoms with Crippen molar-refractivity contribution >= 4 is 50.6 Å². The lowest BCUT2D eigenvalue weighted by Gasteiger charge is -2.17. The van der Waals surface area contributed by atoms with E-state index in [1.807, 2.05) is 0 Å². The Morgan fingerprint density at radius 2 is 1.50 bits per heavy atom. The molecular formula is C12H11F3N2O4S3. The minimum Gasteiger partial charge on any atom is -0.258 e. The Labute approximate surface area is 148 Å². The van der Waals surface area contributed by atoms with Crippen LogP contribution in [0.5, 0.6) is 0 Å². The number of benzene rings is 1. The average Bonchev–Trinajstić information content (AvgIpc) is 2.34. The molecule has 24 heavy (non-hydrogen) atoms. The number of halogens is 3. The Hall–Kier alpha value is -1.40. The summed E-state index contributed by atoms with van der Waals surface area (Å²) in [5, 5.41) is 22.2. The van der Waals surface area contributed by atoms with Crippen LogP contribution < -0.4 is 0 Å². The Bertz CT molecular complexity index is 667. The van der Waals surface area contributed by atoms with Crippen LogP contribution in [0.3, 0.4) is 0 Å². The molecule has 0 aliphatic heterocycles. The summed E-state index contributed by atoms with van der Waals surface area (Å²) in [7, 11) is 0. The standard InChI is InChI=1S/C12H11F3N2O4S3/c1-11(2,3)24-10(22)23-9-7(16(18)19)4-6(12(13,14)15)5-8(9)17(20)21/h4-5H,1-3H3. The third-order valence-corrected chi connectivity index (χ3v) is 4.91. The molecule has 0 aromatic heterocycles. The summed E-state index contributed by atoms with van der Waals surface area (Å²) in [6, 6.07) is 0.555. The predicted octanol–water partition coefficient (Wildman–Crippen LogP) is 5.43. The third kappa shape index (κ3) is 5.60. The molecule has 0 unspecified atom stereocenters.